The van der Waals surface area contributed by atoms with Crippen molar-refractivity contribution in [3.63, 3.8) is 0 Å². The molecule has 138 valence electrons. The third-order valence-electron chi connectivity index (χ3n) is 3.89. The molecule has 1 amide bonds. The van der Waals surface area contributed by atoms with Crippen LogP contribution in [-0.2, 0) is 9.53 Å². The Morgan fingerprint density at radius 3 is 2.23 bits per heavy atom. The van der Waals surface area contributed by atoms with Gasteiger partial charge in [0.2, 0.25) is 0 Å². The molecule has 0 aliphatic carbocycles. The van der Waals surface area contributed by atoms with E-state index in [2.05, 4.69) is 19.2 Å². The van der Waals surface area contributed by atoms with Gasteiger partial charge in [-0.1, -0.05) is 26.0 Å². The van der Waals surface area contributed by atoms with E-state index in [0.717, 1.165) is 11.6 Å². The molecule has 0 aromatic heterocycles. The van der Waals surface area contributed by atoms with Crippen molar-refractivity contribution in [1.82, 2.24) is 0 Å². The number of carbonyl (C=O) groups is 2. The Morgan fingerprint density at radius 1 is 1.04 bits per heavy atom. The third kappa shape index (κ3) is 4.81. The summed E-state index contributed by atoms with van der Waals surface area (Å²) in [6.07, 6.45) is -1.08. The number of rotatable bonds is 6. The van der Waals surface area contributed by atoms with Crippen molar-refractivity contribution in [2.75, 3.05) is 12.4 Å². The van der Waals surface area contributed by atoms with E-state index in [-0.39, 0.29) is 11.3 Å². The lowest BCUT2D eigenvalue weighted by molar-refractivity contribution is -0.123. The summed E-state index contributed by atoms with van der Waals surface area (Å²) in [6, 6.07) is 11.2. The van der Waals surface area contributed by atoms with Gasteiger partial charge >= 0.3 is 5.97 Å². The van der Waals surface area contributed by atoms with Crippen molar-refractivity contribution in [3.05, 3.63) is 59.4 Å². The first kappa shape index (κ1) is 19.4. The summed E-state index contributed by atoms with van der Waals surface area (Å²) >= 11 is 0. The van der Waals surface area contributed by atoms with Crippen molar-refractivity contribution in [3.8, 4) is 5.75 Å². The average molecular weight is 359 g/mol. The smallest absolute Gasteiger partial charge is 0.341 e. The van der Waals surface area contributed by atoms with Crippen molar-refractivity contribution in [1.29, 1.82) is 0 Å². The van der Waals surface area contributed by atoms with Gasteiger partial charge in [-0.25, -0.2) is 9.18 Å². The van der Waals surface area contributed by atoms with Crippen LogP contribution in [0.2, 0.25) is 0 Å². The van der Waals surface area contributed by atoms with Gasteiger partial charge in [0.05, 0.1) is 12.7 Å². The predicted molar refractivity (Wildman–Crippen MR) is 97.0 cm³/mol. The van der Waals surface area contributed by atoms with E-state index < -0.39 is 23.8 Å². The Hall–Kier alpha value is -2.89. The first-order valence-corrected chi connectivity index (χ1v) is 8.27. The highest BCUT2D eigenvalue weighted by Gasteiger charge is 2.21. The summed E-state index contributed by atoms with van der Waals surface area (Å²) in [6.45, 7) is 5.58. The van der Waals surface area contributed by atoms with Crippen LogP contribution < -0.4 is 10.1 Å². The number of hydrogen-bond donors (Lipinski definition) is 1. The van der Waals surface area contributed by atoms with E-state index >= 15 is 0 Å². The molecule has 0 bridgehead atoms. The van der Waals surface area contributed by atoms with E-state index in [1.807, 2.05) is 12.1 Å². The SMILES string of the molecule is COc1ccc(C(=O)O[C@@H](C)C(=O)Nc2ccc(C(C)C)cc2)c(F)c1. The monoisotopic (exact) mass is 359 g/mol. The molecule has 0 heterocycles. The van der Waals surface area contributed by atoms with Crippen LogP contribution in [0.5, 0.6) is 5.75 Å². The van der Waals surface area contributed by atoms with E-state index in [1.165, 1.54) is 26.2 Å². The maximum atomic E-state index is 13.9. The molecular formula is C20H22FNO4. The molecule has 0 aliphatic heterocycles. The number of hydrogen-bond acceptors (Lipinski definition) is 4. The second kappa shape index (κ2) is 8.47. The van der Waals surface area contributed by atoms with Crippen LogP contribution in [0.4, 0.5) is 10.1 Å². The maximum Gasteiger partial charge on any atom is 0.341 e. The topological polar surface area (TPSA) is 64.6 Å². The van der Waals surface area contributed by atoms with Gasteiger partial charge in [0.1, 0.15) is 11.6 Å². The average Bonchev–Trinajstić information content (AvgIpc) is 2.61. The second-order valence-electron chi connectivity index (χ2n) is 6.16. The van der Waals surface area contributed by atoms with Crippen LogP contribution in [0, 0.1) is 5.82 Å². The molecule has 0 radical (unpaired) electrons. The van der Waals surface area contributed by atoms with E-state index in [1.54, 1.807) is 12.1 Å². The molecular weight excluding hydrogens is 337 g/mol. The quantitative estimate of drug-likeness (QED) is 0.787. The summed E-state index contributed by atoms with van der Waals surface area (Å²) in [7, 11) is 1.40. The zero-order chi connectivity index (χ0) is 19.3. The molecule has 2 aromatic rings. The van der Waals surface area contributed by atoms with E-state index in [0.29, 0.717) is 11.6 Å². The summed E-state index contributed by atoms with van der Waals surface area (Å²) in [4.78, 5) is 24.3. The lowest BCUT2D eigenvalue weighted by Crippen LogP contribution is -2.30. The van der Waals surface area contributed by atoms with Crippen molar-refractivity contribution >= 4 is 17.6 Å². The highest BCUT2D eigenvalue weighted by molar-refractivity contribution is 5.97. The molecule has 0 spiro atoms. The molecule has 1 atom stereocenters. The minimum atomic E-state index is -1.08. The molecule has 26 heavy (non-hydrogen) atoms. The minimum Gasteiger partial charge on any atom is -0.497 e. The maximum absolute atomic E-state index is 13.9. The molecule has 0 fully saturated rings. The van der Waals surface area contributed by atoms with Crippen molar-refractivity contribution in [2.45, 2.75) is 32.8 Å². The summed E-state index contributed by atoms with van der Waals surface area (Å²) in [5.74, 6) is -1.51. The molecule has 0 unspecified atom stereocenters. The number of esters is 1. The van der Waals surface area contributed by atoms with Crippen molar-refractivity contribution < 1.29 is 23.5 Å². The van der Waals surface area contributed by atoms with Gasteiger partial charge in [0.15, 0.2) is 6.10 Å². The number of nitrogens with one attached hydrogen (secondary N) is 1. The zero-order valence-corrected chi connectivity index (χ0v) is 15.2. The Labute approximate surface area is 152 Å². The van der Waals surface area contributed by atoms with Crippen LogP contribution >= 0.6 is 0 Å². The van der Waals surface area contributed by atoms with Crippen LogP contribution in [0.15, 0.2) is 42.5 Å². The molecule has 6 heteroatoms. The number of anilines is 1. The normalized spacial score (nSPS) is 11.8. The van der Waals surface area contributed by atoms with Gasteiger partial charge in [-0.15, -0.1) is 0 Å². The molecule has 0 saturated heterocycles. The molecule has 2 rings (SSSR count). The van der Waals surface area contributed by atoms with E-state index in [4.69, 9.17) is 9.47 Å². The number of benzene rings is 2. The Morgan fingerprint density at radius 2 is 1.69 bits per heavy atom. The van der Waals surface area contributed by atoms with Gasteiger partial charge in [0, 0.05) is 11.8 Å². The fraction of sp³-hybridized carbons (Fsp3) is 0.300. The number of halogens is 1. The minimum absolute atomic E-state index is 0.258. The molecule has 5 nitrogen and oxygen atoms in total. The Bertz CT molecular complexity index is 787. The summed E-state index contributed by atoms with van der Waals surface area (Å²) in [5, 5.41) is 2.67. The fourth-order valence-electron chi connectivity index (χ4n) is 2.26. The molecule has 2 aromatic carbocycles. The lowest BCUT2D eigenvalue weighted by Gasteiger charge is -2.14. The lowest BCUT2D eigenvalue weighted by atomic mass is 10.0. The van der Waals surface area contributed by atoms with Crippen LogP contribution in [-0.4, -0.2) is 25.1 Å². The van der Waals surface area contributed by atoms with Crippen LogP contribution in [0.25, 0.3) is 0 Å². The zero-order valence-electron chi connectivity index (χ0n) is 15.2. The van der Waals surface area contributed by atoms with Gasteiger partial charge in [0.25, 0.3) is 5.91 Å². The van der Waals surface area contributed by atoms with Gasteiger partial charge < -0.3 is 14.8 Å². The highest BCUT2D eigenvalue weighted by Crippen LogP contribution is 2.19. The van der Waals surface area contributed by atoms with Gasteiger partial charge in [-0.05, 0) is 42.7 Å². The van der Waals surface area contributed by atoms with Crippen molar-refractivity contribution in [2.24, 2.45) is 0 Å². The fourth-order valence-corrected chi connectivity index (χ4v) is 2.26. The molecule has 0 aliphatic rings. The molecule has 1 N–H and O–H groups in total. The number of ether oxygens (including phenoxy) is 2. The highest BCUT2D eigenvalue weighted by atomic mass is 19.1. The van der Waals surface area contributed by atoms with Crippen LogP contribution in [0.1, 0.15) is 42.6 Å². The largest absolute Gasteiger partial charge is 0.497 e. The second-order valence-corrected chi connectivity index (χ2v) is 6.16. The van der Waals surface area contributed by atoms with Crippen LogP contribution in [0.3, 0.4) is 0 Å². The molecule has 0 saturated carbocycles. The Kier molecular flexibility index (Phi) is 6.33. The number of amides is 1. The predicted octanol–water partition coefficient (Wildman–Crippen LogP) is 4.14. The first-order chi connectivity index (χ1) is 12.3. The van der Waals surface area contributed by atoms with Gasteiger partial charge in [-0.2, -0.15) is 0 Å². The number of methoxy groups -OCH3 is 1. The Balaban J connectivity index is 1.98. The van der Waals surface area contributed by atoms with E-state index in [9.17, 15) is 14.0 Å². The third-order valence-corrected chi connectivity index (χ3v) is 3.89. The summed E-state index contributed by atoms with van der Waals surface area (Å²) < 4.78 is 23.8. The van der Waals surface area contributed by atoms with Gasteiger partial charge in [-0.3, -0.25) is 4.79 Å². The standard InChI is InChI=1S/C20H22FNO4/c1-12(2)14-5-7-15(8-6-14)22-19(23)13(3)26-20(24)17-10-9-16(25-4)11-18(17)21/h5-13H,1-4H3,(H,22,23)/t13-/m0/s1. The number of carbonyl (C=O) groups excluding carboxylic acids is 2. The summed E-state index contributed by atoms with van der Waals surface area (Å²) in [5.41, 5.74) is 1.49. The first-order valence-electron chi connectivity index (χ1n) is 8.27.